The fraction of sp³-hybridized carbons (Fsp3) is 0. The number of anilines is 1. The van der Waals surface area contributed by atoms with Crippen LogP contribution in [0, 0.1) is 17.5 Å². The normalized spacial score (nSPS) is 10.4. The topological polar surface area (TPSA) is 35.2 Å². The van der Waals surface area contributed by atoms with Crippen LogP contribution in [0.25, 0.3) is 0 Å². The molecule has 18 heavy (non-hydrogen) atoms. The van der Waals surface area contributed by atoms with Crippen LogP contribution in [0.2, 0.25) is 5.02 Å². The predicted molar refractivity (Wildman–Crippen MR) is 62.3 cm³/mol. The summed E-state index contributed by atoms with van der Waals surface area (Å²) in [4.78, 5) is 0. The van der Waals surface area contributed by atoms with Crippen molar-refractivity contribution in [1.82, 2.24) is 0 Å². The van der Waals surface area contributed by atoms with Crippen LogP contribution in [0.3, 0.4) is 0 Å². The number of benzene rings is 2. The number of halogens is 4. The Kier molecular flexibility index (Phi) is 3.34. The zero-order valence-electron chi connectivity index (χ0n) is 8.88. The van der Waals surface area contributed by atoms with E-state index in [2.05, 4.69) is 0 Å². The largest absolute Gasteiger partial charge is 0.455 e. The second-order valence-corrected chi connectivity index (χ2v) is 3.88. The smallest absolute Gasteiger partial charge is 0.156 e. The van der Waals surface area contributed by atoms with Gasteiger partial charge in [0, 0.05) is 18.2 Å². The van der Waals surface area contributed by atoms with E-state index in [1.165, 1.54) is 12.1 Å². The van der Waals surface area contributed by atoms with Crippen molar-refractivity contribution in [2.45, 2.75) is 0 Å². The molecule has 6 heteroatoms. The molecule has 94 valence electrons. The standard InChI is InChI=1S/C12H7ClF3NO/c13-8-5-7(1-2-9(8)15)18-11-4-6(14)3-10(16)12(11)17/h1-5H,17H2. The molecule has 2 aromatic carbocycles. The van der Waals surface area contributed by atoms with E-state index in [4.69, 9.17) is 22.1 Å². The lowest BCUT2D eigenvalue weighted by molar-refractivity contribution is 0.470. The molecular formula is C12H7ClF3NO. The van der Waals surface area contributed by atoms with Crippen LogP contribution in [0.4, 0.5) is 18.9 Å². The molecule has 0 saturated heterocycles. The lowest BCUT2D eigenvalue weighted by Crippen LogP contribution is -1.97. The van der Waals surface area contributed by atoms with Crippen LogP contribution in [-0.4, -0.2) is 0 Å². The SMILES string of the molecule is Nc1c(F)cc(F)cc1Oc1ccc(F)c(Cl)c1. The van der Waals surface area contributed by atoms with Crippen molar-refractivity contribution in [2.24, 2.45) is 0 Å². The third-order valence-corrected chi connectivity index (χ3v) is 2.46. The van der Waals surface area contributed by atoms with Gasteiger partial charge in [0.05, 0.1) is 5.02 Å². The molecule has 0 aromatic heterocycles. The van der Waals surface area contributed by atoms with Crippen molar-refractivity contribution in [3.63, 3.8) is 0 Å². The zero-order valence-corrected chi connectivity index (χ0v) is 9.64. The molecule has 0 radical (unpaired) electrons. The molecule has 0 aliphatic rings. The molecule has 0 heterocycles. The van der Waals surface area contributed by atoms with E-state index >= 15 is 0 Å². The molecule has 0 unspecified atom stereocenters. The van der Waals surface area contributed by atoms with Gasteiger partial charge in [-0.15, -0.1) is 0 Å². The van der Waals surface area contributed by atoms with Gasteiger partial charge in [0.15, 0.2) is 11.6 Å². The molecule has 0 fully saturated rings. The van der Waals surface area contributed by atoms with Gasteiger partial charge in [-0.3, -0.25) is 0 Å². The zero-order chi connectivity index (χ0) is 13.3. The minimum atomic E-state index is -0.932. The second kappa shape index (κ2) is 4.78. The lowest BCUT2D eigenvalue weighted by Gasteiger charge is -2.09. The first kappa shape index (κ1) is 12.6. The summed E-state index contributed by atoms with van der Waals surface area (Å²) in [6.07, 6.45) is 0. The molecule has 0 saturated carbocycles. The summed E-state index contributed by atoms with van der Waals surface area (Å²) >= 11 is 5.55. The van der Waals surface area contributed by atoms with Crippen LogP contribution in [0.15, 0.2) is 30.3 Å². The number of rotatable bonds is 2. The van der Waals surface area contributed by atoms with Crippen LogP contribution in [0.5, 0.6) is 11.5 Å². The van der Waals surface area contributed by atoms with Crippen LogP contribution in [0.1, 0.15) is 0 Å². The summed E-state index contributed by atoms with van der Waals surface area (Å²) in [5.41, 5.74) is 5.06. The Bertz CT molecular complexity index is 604. The maximum atomic E-state index is 13.2. The van der Waals surface area contributed by atoms with Crippen LogP contribution >= 0.6 is 11.6 Å². The third-order valence-electron chi connectivity index (χ3n) is 2.18. The molecule has 2 aromatic rings. The first-order chi connectivity index (χ1) is 8.47. The van der Waals surface area contributed by atoms with Crippen molar-refractivity contribution in [3.8, 4) is 11.5 Å². The Morgan fingerprint density at radius 3 is 2.39 bits per heavy atom. The molecule has 0 spiro atoms. The second-order valence-electron chi connectivity index (χ2n) is 3.48. The van der Waals surface area contributed by atoms with Gasteiger partial charge in [0.2, 0.25) is 0 Å². The van der Waals surface area contributed by atoms with Crippen molar-refractivity contribution >= 4 is 17.3 Å². The van der Waals surface area contributed by atoms with E-state index in [1.807, 2.05) is 0 Å². The molecule has 0 atom stereocenters. The van der Waals surface area contributed by atoms with Crippen molar-refractivity contribution in [3.05, 3.63) is 52.8 Å². The summed E-state index contributed by atoms with van der Waals surface area (Å²) in [5, 5.41) is -0.164. The molecule has 0 aliphatic heterocycles. The minimum Gasteiger partial charge on any atom is -0.455 e. The average molecular weight is 274 g/mol. The highest BCUT2D eigenvalue weighted by atomic mass is 35.5. The van der Waals surface area contributed by atoms with Gasteiger partial charge in [-0.25, -0.2) is 13.2 Å². The number of hydrogen-bond acceptors (Lipinski definition) is 2. The molecule has 2 N–H and O–H groups in total. The molecule has 0 aliphatic carbocycles. The Hall–Kier alpha value is -1.88. The van der Waals surface area contributed by atoms with Gasteiger partial charge in [-0.2, -0.15) is 0 Å². The van der Waals surface area contributed by atoms with Gasteiger partial charge >= 0.3 is 0 Å². The van der Waals surface area contributed by atoms with Gasteiger partial charge in [-0.05, 0) is 12.1 Å². The van der Waals surface area contributed by atoms with Gasteiger partial charge < -0.3 is 10.5 Å². The van der Waals surface area contributed by atoms with E-state index in [0.29, 0.717) is 6.07 Å². The van der Waals surface area contributed by atoms with Gasteiger partial charge in [0.1, 0.15) is 23.1 Å². The van der Waals surface area contributed by atoms with E-state index in [1.54, 1.807) is 0 Å². The van der Waals surface area contributed by atoms with E-state index in [9.17, 15) is 13.2 Å². The number of ether oxygens (including phenoxy) is 1. The first-order valence-corrected chi connectivity index (χ1v) is 5.22. The first-order valence-electron chi connectivity index (χ1n) is 4.85. The highest BCUT2D eigenvalue weighted by molar-refractivity contribution is 6.30. The van der Waals surface area contributed by atoms with Crippen LogP contribution < -0.4 is 10.5 Å². The Labute approximate surface area is 106 Å². The number of nitrogens with two attached hydrogens (primary N) is 1. The highest BCUT2D eigenvalue weighted by Gasteiger charge is 2.11. The summed E-state index contributed by atoms with van der Waals surface area (Å²) in [5.74, 6) is -2.46. The monoisotopic (exact) mass is 273 g/mol. The maximum Gasteiger partial charge on any atom is 0.156 e. The minimum absolute atomic E-state index is 0.123. The summed E-state index contributed by atoms with van der Waals surface area (Å²) in [7, 11) is 0. The number of hydrogen-bond donors (Lipinski definition) is 1. The Morgan fingerprint density at radius 2 is 1.72 bits per heavy atom. The Morgan fingerprint density at radius 1 is 1.00 bits per heavy atom. The summed E-state index contributed by atoms with van der Waals surface area (Å²) in [6, 6.07) is 5.08. The fourth-order valence-electron chi connectivity index (χ4n) is 1.31. The quantitative estimate of drug-likeness (QED) is 0.835. The molecule has 0 amide bonds. The van der Waals surface area contributed by atoms with Gasteiger partial charge in [0.25, 0.3) is 0 Å². The van der Waals surface area contributed by atoms with Crippen molar-refractivity contribution in [1.29, 1.82) is 0 Å². The van der Waals surface area contributed by atoms with Crippen LogP contribution in [-0.2, 0) is 0 Å². The van der Waals surface area contributed by atoms with Crippen molar-refractivity contribution < 1.29 is 17.9 Å². The maximum absolute atomic E-state index is 13.2. The number of nitrogen functional groups attached to an aromatic ring is 1. The summed E-state index contributed by atoms with van der Waals surface area (Å²) < 4.78 is 44.2. The Balaban J connectivity index is 2.36. The van der Waals surface area contributed by atoms with E-state index < -0.39 is 17.5 Å². The molecule has 2 nitrogen and oxygen atoms in total. The third kappa shape index (κ3) is 2.51. The molecule has 2 rings (SSSR count). The molecule has 0 bridgehead atoms. The summed E-state index contributed by atoms with van der Waals surface area (Å²) in [6.45, 7) is 0. The van der Waals surface area contributed by atoms with Crippen molar-refractivity contribution in [2.75, 3.05) is 5.73 Å². The molecular weight excluding hydrogens is 267 g/mol. The van der Waals surface area contributed by atoms with E-state index in [-0.39, 0.29) is 22.2 Å². The lowest BCUT2D eigenvalue weighted by atomic mass is 10.2. The predicted octanol–water partition coefficient (Wildman–Crippen LogP) is 4.13. The fourth-order valence-corrected chi connectivity index (χ4v) is 1.48. The van der Waals surface area contributed by atoms with Gasteiger partial charge in [-0.1, -0.05) is 11.6 Å². The van der Waals surface area contributed by atoms with E-state index in [0.717, 1.165) is 12.1 Å². The average Bonchev–Trinajstić information content (AvgIpc) is 2.30. The highest BCUT2D eigenvalue weighted by Crippen LogP contribution is 2.32.